The highest BCUT2D eigenvalue weighted by atomic mass is 32.1. The van der Waals surface area contributed by atoms with Gasteiger partial charge in [0, 0.05) is 17.5 Å². The standard InChI is InChI=1S/C26H26N4O3S/c1-17(2)30(14-24-28-23-10-5-4-9-22(23)26(32)29-24)25(31)12-11-19-7-6-8-21(13-19)33-15-20-16-34-18(3)27-20/h4-13,16-17H,14-15H2,1-3H3,(H,28,29,32)/b12-11+. The normalized spacial score (nSPS) is 11.4. The predicted octanol–water partition coefficient (Wildman–Crippen LogP) is 4.72. The maximum atomic E-state index is 13.0. The molecule has 2 aromatic heterocycles. The number of fused-ring (bicyclic) bond motifs is 1. The van der Waals surface area contributed by atoms with Gasteiger partial charge in [-0.15, -0.1) is 11.3 Å². The molecular weight excluding hydrogens is 448 g/mol. The van der Waals surface area contributed by atoms with Gasteiger partial charge in [0.1, 0.15) is 18.2 Å². The van der Waals surface area contributed by atoms with Crippen LogP contribution in [0, 0.1) is 6.92 Å². The van der Waals surface area contributed by atoms with Crippen molar-refractivity contribution in [3.63, 3.8) is 0 Å². The van der Waals surface area contributed by atoms with Crippen molar-refractivity contribution in [1.29, 1.82) is 0 Å². The Morgan fingerprint density at radius 3 is 2.76 bits per heavy atom. The van der Waals surface area contributed by atoms with Crippen molar-refractivity contribution < 1.29 is 9.53 Å². The number of rotatable bonds is 8. The Bertz CT molecular complexity index is 1390. The lowest BCUT2D eigenvalue weighted by molar-refractivity contribution is -0.128. The van der Waals surface area contributed by atoms with Gasteiger partial charge in [0.05, 0.1) is 28.1 Å². The minimum atomic E-state index is -0.211. The Balaban J connectivity index is 1.45. The van der Waals surface area contributed by atoms with Crippen molar-refractivity contribution in [2.24, 2.45) is 0 Å². The molecule has 0 fully saturated rings. The van der Waals surface area contributed by atoms with E-state index in [2.05, 4.69) is 15.0 Å². The molecule has 2 aromatic carbocycles. The van der Waals surface area contributed by atoms with E-state index < -0.39 is 0 Å². The summed E-state index contributed by atoms with van der Waals surface area (Å²) in [6.45, 7) is 6.43. The zero-order valence-corrected chi connectivity index (χ0v) is 20.1. The fourth-order valence-corrected chi connectivity index (χ4v) is 4.09. The molecule has 0 unspecified atom stereocenters. The summed E-state index contributed by atoms with van der Waals surface area (Å²) in [6.07, 6.45) is 3.29. The number of carbonyl (C=O) groups excluding carboxylic acids is 1. The first-order chi connectivity index (χ1) is 16.4. The van der Waals surface area contributed by atoms with Gasteiger partial charge < -0.3 is 14.6 Å². The highest BCUT2D eigenvalue weighted by Gasteiger charge is 2.17. The van der Waals surface area contributed by atoms with Crippen molar-refractivity contribution in [2.45, 2.75) is 40.0 Å². The first-order valence-corrected chi connectivity index (χ1v) is 11.9. The molecule has 4 rings (SSSR count). The molecule has 0 aliphatic carbocycles. The molecule has 0 radical (unpaired) electrons. The molecule has 0 bridgehead atoms. The van der Waals surface area contributed by atoms with Gasteiger partial charge in [-0.05, 0) is 56.7 Å². The Hall–Kier alpha value is -3.78. The molecule has 0 spiro atoms. The van der Waals surface area contributed by atoms with Gasteiger partial charge in [0.15, 0.2) is 0 Å². The Morgan fingerprint density at radius 2 is 2.00 bits per heavy atom. The highest BCUT2D eigenvalue weighted by molar-refractivity contribution is 7.09. The number of amides is 1. The lowest BCUT2D eigenvalue weighted by atomic mass is 10.2. The monoisotopic (exact) mass is 474 g/mol. The Morgan fingerprint density at radius 1 is 1.18 bits per heavy atom. The topological polar surface area (TPSA) is 88.2 Å². The molecular formula is C26H26N4O3S. The van der Waals surface area contributed by atoms with Crippen LogP contribution in [0.3, 0.4) is 0 Å². The molecule has 0 aliphatic heterocycles. The molecule has 0 aliphatic rings. The maximum Gasteiger partial charge on any atom is 0.258 e. The zero-order chi connectivity index (χ0) is 24.1. The fraction of sp³-hybridized carbons (Fsp3) is 0.231. The van der Waals surface area contributed by atoms with Crippen LogP contribution in [0.5, 0.6) is 5.75 Å². The molecule has 2 heterocycles. The first kappa shape index (κ1) is 23.4. The van der Waals surface area contributed by atoms with Crippen LogP contribution >= 0.6 is 11.3 Å². The predicted molar refractivity (Wildman–Crippen MR) is 135 cm³/mol. The summed E-state index contributed by atoms with van der Waals surface area (Å²) < 4.78 is 5.84. The van der Waals surface area contributed by atoms with Crippen molar-refractivity contribution in [1.82, 2.24) is 19.9 Å². The van der Waals surface area contributed by atoms with E-state index in [4.69, 9.17) is 4.74 Å². The number of ether oxygens (including phenoxy) is 1. The number of thiazole rings is 1. The van der Waals surface area contributed by atoms with Crippen molar-refractivity contribution in [2.75, 3.05) is 0 Å². The second-order valence-electron chi connectivity index (χ2n) is 8.14. The summed E-state index contributed by atoms with van der Waals surface area (Å²) in [7, 11) is 0. The fourth-order valence-electron chi connectivity index (χ4n) is 3.49. The summed E-state index contributed by atoms with van der Waals surface area (Å²) in [6, 6.07) is 14.6. The number of hydrogen-bond acceptors (Lipinski definition) is 6. The van der Waals surface area contributed by atoms with Gasteiger partial charge in [-0.2, -0.15) is 0 Å². The molecule has 34 heavy (non-hydrogen) atoms. The summed E-state index contributed by atoms with van der Waals surface area (Å²) in [5, 5.41) is 3.52. The average Bonchev–Trinajstić information content (AvgIpc) is 3.25. The molecule has 0 saturated heterocycles. The van der Waals surface area contributed by atoms with Gasteiger partial charge >= 0.3 is 0 Å². The van der Waals surface area contributed by atoms with Crippen LogP contribution in [0.2, 0.25) is 0 Å². The first-order valence-electron chi connectivity index (χ1n) is 11.0. The molecule has 1 N–H and O–H groups in total. The molecule has 4 aromatic rings. The van der Waals surface area contributed by atoms with E-state index >= 15 is 0 Å². The number of aryl methyl sites for hydroxylation is 1. The lowest BCUT2D eigenvalue weighted by Crippen LogP contribution is -2.36. The van der Waals surface area contributed by atoms with Crippen molar-refractivity contribution in [3.8, 4) is 5.75 Å². The third-order valence-electron chi connectivity index (χ3n) is 5.22. The number of nitrogens with zero attached hydrogens (tertiary/aromatic N) is 3. The lowest BCUT2D eigenvalue weighted by Gasteiger charge is -2.25. The zero-order valence-electron chi connectivity index (χ0n) is 19.3. The molecule has 0 saturated carbocycles. The minimum Gasteiger partial charge on any atom is -0.487 e. The number of benzene rings is 2. The third-order valence-corrected chi connectivity index (χ3v) is 6.04. The van der Waals surface area contributed by atoms with Gasteiger partial charge in [0.25, 0.3) is 5.56 Å². The number of aromatic nitrogens is 3. The molecule has 1 amide bonds. The van der Waals surface area contributed by atoms with Crippen LogP contribution < -0.4 is 10.3 Å². The van der Waals surface area contributed by atoms with Crippen LogP contribution in [0.1, 0.15) is 35.9 Å². The van der Waals surface area contributed by atoms with E-state index in [1.807, 2.05) is 56.5 Å². The van der Waals surface area contributed by atoms with Gasteiger partial charge in [-0.1, -0.05) is 24.3 Å². The van der Waals surface area contributed by atoms with E-state index in [-0.39, 0.29) is 24.1 Å². The van der Waals surface area contributed by atoms with Crippen LogP contribution in [-0.2, 0) is 17.9 Å². The molecule has 7 nitrogen and oxygen atoms in total. The van der Waals surface area contributed by atoms with Gasteiger partial charge in [0.2, 0.25) is 5.91 Å². The maximum absolute atomic E-state index is 13.0. The summed E-state index contributed by atoms with van der Waals surface area (Å²) in [4.78, 5) is 38.8. The van der Waals surface area contributed by atoms with Crippen LogP contribution in [0.4, 0.5) is 0 Å². The van der Waals surface area contributed by atoms with Gasteiger partial charge in [-0.25, -0.2) is 9.97 Å². The average molecular weight is 475 g/mol. The number of aromatic amines is 1. The van der Waals surface area contributed by atoms with Crippen molar-refractivity contribution in [3.05, 3.63) is 92.4 Å². The van der Waals surface area contributed by atoms with Crippen LogP contribution in [-0.4, -0.2) is 31.8 Å². The van der Waals surface area contributed by atoms with Gasteiger partial charge in [-0.3, -0.25) is 9.59 Å². The quantitative estimate of drug-likeness (QED) is 0.374. The summed E-state index contributed by atoms with van der Waals surface area (Å²) in [5.74, 6) is 0.987. The van der Waals surface area contributed by atoms with E-state index in [0.29, 0.717) is 29.1 Å². The summed E-state index contributed by atoms with van der Waals surface area (Å²) in [5.41, 5.74) is 2.14. The SMILES string of the molecule is Cc1nc(COc2cccc(/C=C/C(=O)N(Cc3nc4ccccc4c(=O)[nH]3)C(C)C)c2)cs1. The van der Waals surface area contributed by atoms with E-state index in [0.717, 1.165) is 16.3 Å². The molecule has 8 heteroatoms. The van der Waals surface area contributed by atoms with E-state index in [9.17, 15) is 9.59 Å². The summed E-state index contributed by atoms with van der Waals surface area (Å²) >= 11 is 1.59. The Labute approximate surface area is 201 Å². The highest BCUT2D eigenvalue weighted by Crippen LogP contribution is 2.18. The number of para-hydroxylation sites is 1. The van der Waals surface area contributed by atoms with E-state index in [1.165, 1.54) is 6.08 Å². The second-order valence-corrected chi connectivity index (χ2v) is 9.20. The second kappa shape index (κ2) is 10.4. The minimum absolute atomic E-state index is 0.0786. The third kappa shape index (κ3) is 5.77. The number of carbonyl (C=O) groups is 1. The largest absolute Gasteiger partial charge is 0.487 e. The smallest absolute Gasteiger partial charge is 0.258 e. The molecule has 0 atom stereocenters. The number of nitrogens with one attached hydrogen (secondary N) is 1. The molecule has 174 valence electrons. The van der Waals surface area contributed by atoms with Crippen LogP contribution in [0.25, 0.3) is 17.0 Å². The van der Waals surface area contributed by atoms with Crippen LogP contribution in [0.15, 0.2) is 64.8 Å². The van der Waals surface area contributed by atoms with E-state index in [1.54, 1.807) is 40.5 Å². The number of H-pyrrole nitrogens is 1. The van der Waals surface area contributed by atoms with Crippen molar-refractivity contribution >= 4 is 34.2 Å². The Kier molecular flexibility index (Phi) is 7.18. The number of hydrogen-bond donors (Lipinski definition) is 1.